The summed E-state index contributed by atoms with van der Waals surface area (Å²) in [5, 5.41) is 5.06. The molecule has 1 aromatic heterocycles. The molecule has 0 radical (unpaired) electrons. The van der Waals surface area contributed by atoms with Crippen LogP contribution in [-0.4, -0.2) is 16.9 Å². The van der Waals surface area contributed by atoms with Crippen LogP contribution in [0.4, 0.5) is 5.13 Å². The van der Waals surface area contributed by atoms with E-state index in [1.54, 1.807) is 5.38 Å². The first-order valence-corrected chi connectivity index (χ1v) is 6.05. The zero-order valence-electron chi connectivity index (χ0n) is 8.69. The molecule has 1 unspecified atom stereocenters. The van der Waals surface area contributed by atoms with Gasteiger partial charge in [-0.1, -0.05) is 12.8 Å². The number of amides is 1. The molecule has 1 heterocycles. The fourth-order valence-corrected chi connectivity index (χ4v) is 2.15. The molecule has 82 valence electrons. The van der Waals surface area contributed by atoms with E-state index in [-0.39, 0.29) is 11.9 Å². The van der Waals surface area contributed by atoms with E-state index >= 15 is 0 Å². The maximum absolute atomic E-state index is 11.6. The Morgan fingerprint density at radius 2 is 2.53 bits per heavy atom. The minimum Gasteiger partial charge on any atom is -0.375 e. The van der Waals surface area contributed by atoms with Crippen molar-refractivity contribution in [3.63, 3.8) is 0 Å². The molecule has 1 amide bonds. The molecule has 1 fully saturated rings. The molecule has 1 aliphatic rings. The first kappa shape index (κ1) is 10.4. The van der Waals surface area contributed by atoms with Gasteiger partial charge in [-0.2, -0.15) is 0 Å². The van der Waals surface area contributed by atoms with Gasteiger partial charge in [0, 0.05) is 11.4 Å². The van der Waals surface area contributed by atoms with Crippen molar-refractivity contribution in [3.05, 3.63) is 11.1 Å². The van der Waals surface area contributed by atoms with Crippen molar-refractivity contribution in [1.29, 1.82) is 0 Å². The zero-order valence-corrected chi connectivity index (χ0v) is 9.51. The highest BCUT2D eigenvalue weighted by atomic mass is 32.1. The minimum absolute atomic E-state index is 0.115. The molecule has 0 saturated heterocycles. The largest absolute Gasteiger partial charge is 0.375 e. The number of hydrogen-bond donors (Lipinski definition) is 2. The van der Waals surface area contributed by atoms with Gasteiger partial charge in [-0.05, 0) is 19.3 Å². The number of aromatic nitrogens is 1. The molecule has 0 aromatic carbocycles. The standard InChI is InChI=1S/C10H15N3OS/c1-6(4-7-2-3-7)12-9(14)8-5-15-10(11)13-8/h5-7H,2-4H2,1H3,(H2,11,13)(H,12,14). The van der Waals surface area contributed by atoms with Crippen LogP contribution in [0, 0.1) is 5.92 Å². The summed E-state index contributed by atoms with van der Waals surface area (Å²) >= 11 is 1.29. The molecule has 1 saturated carbocycles. The van der Waals surface area contributed by atoms with Crippen LogP contribution in [0.3, 0.4) is 0 Å². The number of anilines is 1. The first-order chi connectivity index (χ1) is 7.15. The number of carbonyl (C=O) groups is 1. The number of rotatable bonds is 4. The Labute approximate surface area is 92.9 Å². The molecule has 1 aromatic rings. The summed E-state index contributed by atoms with van der Waals surface area (Å²) in [7, 11) is 0. The third-order valence-electron chi connectivity index (χ3n) is 2.52. The fourth-order valence-electron chi connectivity index (χ4n) is 1.60. The predicted octanol–water partition coefficient (Wildman–Crippen LogP) is 1.64. The Bertz CT molecular complexity index is 359. The van der Waals surface area contributed by atoms with Gasteiger partial charge < -0.3 is 11.1 Å². The topological polar surface area (TPSA) is 68.0 Å². The Balaban J connectivity index is 1.85. The third kappa shape index (κ3) is 2.92. The van der Waals surface area contributed by atoms with Crippen molar-refractivity contribution >= 4 is 22.4 Å². The van der Waals surface area contributed by atoms with Crippen molar-refractivity contribution in [2.75, 3.05) is 5.73 Å². The lowest BCUT2D eigenvalue weighted by atomic mass is 10.1. The predicted molar refractivity (Wildman–Crippen MR) is 60.8 cm³/mol. The summed E-state index contributed by atoms with van der Waals surface area (Å²) in [5.74, 6) is 0.705. The van der Waals surface area contributed by atoms with E-state index < -0.39 is 0 Å². The van der Waals surface area contributed by atoms with Crippen LogP contribution in [0.5, 0.6) is 0 Å². The number of nitrogens with zero attached hydrogens (tertiary/aromatic N) is 1. The minimum atomic E-state index is -0.115. The lowest BCUT2D eigenvalue weighted by Gasteiger charge is -2.11. The molecule has 0 bridgehead atoms. The SMILES string of the molecule is CC(CC1CC1)NC(=O)c1csc(N)n1. The lowest BCUT2D eigenvalue weighted by Crippen LogP contribution is -2.33. The summed E-state index contributed by atoms with van der Waals surface area (Å²) in [6.07, 6.45) is 3.69. The lowest BCUT2D eigenvalue weighted by molar-refractivity contribution is 0.0933. The number of thiazole rings is 1. The quantitative estimate of drug-likeness (QED) is 0.818. The second-order valence-corrected chi connectivity index (χ2v) is 5.01. The Kier molecular flexibility index (Phi) is 2.90. The first-order valence-electron chi connectivity index (χ1n) is 5.17. The van der Waals surface area contributed by atoms with E-state index in [0.717, 1.165) is 12.3 Å². The highest BCUT2D eigenvalue weighted by Crippen LogP contribution is 2.33. The molecular formula is C10H15N3OS. The van der Waals surface area contributed by atoms with Crippen molar-refractivity contribution < 1.29 is 4.79 Å². The molecule has 0 aliphatic heterocycles. The summed E-state index contributed by atoms with van der Waals surface area (Å²) in [4.78, 5) is 15.6. The number of hydrogen-bond acceptors (Lipinski definition) is 4. The van der Waals surface area contributed by atoms with Gasteiger partial charge in [0.2, 0.25) is 0 Å². The number of nitrogen functional groups attached to an aromatic ring is 1. The van der Waals surface area contributed by atoms with Crippen LogP contribution < -0.4 is 11.1 Å². The van der Waals surface area contributed by atoms with Crippen LogP contribution in [0.1, 0.15) is 36.7 Å². The van der Waals surface area contributed by atoms with Crippen LogP contribution in [0.25, 0.3) is 0 Å². The summed E-state index contributed by atoms with van der Waals surface area (Å²) in [5.41, 5.74) is 5.90. The van der Waals surface area contributed by atoms with E-state index in [0.29, 0.717) is 10.8 Å². The molecule has 15 heavy (non-hydrogen) atoms. The van der Waals surface area contributed by atoms with Crippen molar-refractivity contribution in [2.45, 2.75) is 32.2 Å². The van der Waals surface area contributed by atoms with Gasteiger partial charge >= 0.3 is 0 Å². The van der Waals surface area contributed by atoms with Crippen LogP contribution in [0.2, 0.25) is 0 Å². The molecule has 1 aliphatic carbocycles. The average Bonchev–Trinajstić information content (AvgIpc) is 2.85. The Morgan fingerprint density at radius 1 is 1.80 bits per heavy atom. The highest BCUT2D eigenvalue weighted by Gasteiger charge is 2.24. The maximum atomic E-state index is 11.6. The smallest absolute Gasteiger partial charge is 0.271 e. The van der Waals surface area contributed by atoms with Crippen molar-refractivity contribution in [2.24, 2.45) is 5.92 Å². The summed E-state index contributed by atoms with van der Waals surface area (Å²) < 4.78 is 0. The monoisotopic (exact) mass is 225 g/mol. The summed E-state index contributed by atoms with van der Waals surface area (Å²) in [6, 6.07) is 0.230. The number of nitrogens with two attached hydrogens (primary N) is 1. The maximum Gasteiger partial charge on any atom is 0.271 e. The van der Waals surface area contributed by atoms with Gasteiger partial charge in [0.1, 0.15) is 5.69 Å². The average molecular weight is 225 g/mol. The van der Waals surface area contributed by atoms with Crippen LogP contribution >= 0.6 is 11.3 Å². The molecule has 4 nitrogen and oxygen atoms in total. The van der Waals surface area contributed by atoms with Gasteiger partial charge in [-0.3, -0.25) is 4.79 Å². The molecule has 2 rings (SSSR count). The van der Waals surface area contributed by atoms with E-state index in [1.165, 1.54) is 24.2 Å². The summed E-state index contributed by atoms with van der Waals surface area (Å²) in [6.45, 7) is 2.03. The van der Waals surface area contributed by atoms with Crippen LogP contribution in [0.15, 0.2) is 5.38 Å². The van der Waals surface area contributed by atoms with Gasteiger partial charge in [-0.25, -0.2) is 4.98 Å². The molecule has 1 atom stereocenters. The van der Waals surface area contributed by atoms with E-state index in [1.807, 2.05) is 6.92 Å². The number of carbonyl (C=O) groups excluding carboxylic acids is 1. The Hall–Kier alpha value is -1.10. The Morgan fingerprint density at radius 3 is 3.07 bits per heavy atom. The van der Waals surface area contributed by atoms with Gasteiger partial charge in [0.15, 0.2) is 5.13 Å². The second-order valence-electron chi connectivity index (χ2n) is 4.12. The number of nitrogens with one attached hydrogen (secondary N) is 1. The van der Waals surface area contributed by atoms with E-state index in [2.05, 4.69) is 10.3 Å². The zero-order chi connectivity index (χ0) is 10.8. The van der Waals surface area contributed by atoms with Crippen molar-refractivity contribution in [1.82, 2.24) is 10.3 Å². The molecule has 3 N–H and O–H groups in total. The third-order valence-corrected chi connectivity index (χ3v) is 3.19. The molecule has 5 heteroatoms. The van der Waals surface area contributed by atoms with E-state index in [4.69, 9.17) is 5.73 Å². The molecule has 0 spiro atoms. The second kappa shape index (κ2) is 4.18. The van der Waals surface area contributed by atoms with Gasteiger partial charge in [0.05, 0.1) is 0 Å². The highest BCUT2D eigenvalue weighted by molar-refractivity contribution is 7.13. The fraction of sp³-hybridized carbons (Fsp3) is 0.600. The van der Waals surface area contributed by atoms with E-state index in [9.17, 15) is 4.79 Å². The van der Waals surface area contributed by atoms with Crippen LogP contribution in [-0.2, 0) is 0 Å². The van der Waals surface area contributed by atoms with Crippen molar-refractivity contribution in [3.8, 4) is 0 Å². The van der Waals surface area contributed by atoms with Gasteiger partial charge in [-0.15, -0.1) is 11.3 Å². The molecular weight excluding hydrogens is 210 g/mol. The normalized spacial score (nSPS) is 17.4. The van der Waals surface area contributed by atoms with Gasteiger partial charge in [0.25, 0.3) is 5.91 Å².